The molecule has 0 unspecified atom stereocenters. The molecule has 98 valence electrons. The lowest BCUT2D eigenvalue weighted by atomic mass is 10.1. The third kappa shape index (κ3) is 4.54. The van der Waals surface area contributed by atoms with Gasteiger partial charge in [-0.3, -0.25) is 0 Å². The molecule has 2 aromatic carbocycles. The van der Waals surface area contributed by atoms with E-state index in [4.69, 9.17) is 23.8 Å². The van der Waals surface area contributed by atoms with Gasteiger partial charge in [0.2, 0.25) is 0 Å². The fourth-order valence-electron chi connectivity index (χ4n) is 1.60. The first-order valence-corrected chi connectivity index (χ1v) is 6.78. The van der Waals surface area contributed by atoms with E-state index in [0.29, 0.717) is 16.7 Å². The fraction of sp³-hybridized carbons (Fsp3) is 0.133. The quantitative estimate of drug-likeness (QED) is 0.831. The van der Waals surface area contributed by atoms with Gasteiger partial charge in [-0.25, -0.2) is 0 Å². The first-order chi connectivity index (χ1) is 9.13. The number of nitrogens with one attached hydrogen (secondary N) is 2. The van der Waals surface area contributed by atoms with E-state index >= 15 is 0 Å². The van der Waals surface area contributed by atoms with Crippen LogP contribution in [0.25, 0.3) is 0 Å². The zero-order valence-corrected chi connectivity index (χ0v) is 12.2. The Morgan fingerprint density at radius 2 is 1.68 bits per heavy atom. The van der Waals surface area contributed by atoms with Gasteiger partial charge >= 0.3 is 0 Å². The molecule has 0 atom stereocenters. The van der Waals surface area contributed by atoms with Crippen molar-refractivity contribution in [3.8, 4) is 0 Å². The van der Waals surface area contributed by atoms with Gasteiger partial charge in [-0.2, -0.15) is 0 Å². The molecule has 2 nitrogen and oxygen atoms in total. The fourth-order valence-corrected chi connectivity index (χ4v) is 1.91. The molecular formula is C15H15ClN2S. The van der Waals surface area contributed by atoms with Crippen molar-refractivity contribution in [2.75, 3.05) is 5.32 Å². The van der Waals surface area contributed by atoms with Crippen molar-refractivity contribution < 1.29 is 0 Å². The Morgan fingerprint density at radius 3 is 2.32 bits per heavy atom. The average Bonchev–Trinajstić information content (AvgIpc) is 2.41. The van der Waals surface area contributed by atoms with Crippen molar-refractivity contribution >= 4 is 34.6 Å². The minimum absolute atomic E-state index is 0.600. The topological polar surface area (TPSA) is 24.1 Å². The van der Waals surface area contributed by atoms with Crippen LogP contribution >= 0.6 is 23.8 Å². The summed E-state index contributed by atoms with van der Waals surface area (Å²) >= 11 is 11.1. The highest BCUT2D eigenvalue weighted by Gasteiger charge is 1.98. The SMILES string of the molecule is Cc1ccc(CNC(=S)Nc2ccc(Cl)cc2)cc1. The highest BCUT2D eigenvalue weighted by molar-refractivity contribution is 7.80. The van der Waals surface area contributed by atoms with E-state index in [0.717, 1.165) is 5.69 Å². The number of thiocarbonyl (C=S) groups is 1. The molecule has 0 fully saturated rings. The minimum Gasteiger partial charge on any atom is -0.358 e. The number of rotatable bonds is 3. The Labute approximate surface area is 123 Å². The Morgan fingerprint density at radius 1 is 1.05 bits per heavy atom. The Hall–Kier alpha value is -1.58. The van der Waals surface area contributed by atoms with Crippen LogP contribution in [-0.2, 0) is 6.54 Å². The van der Waals surface area contributed by atoms with Crippen molar-refractivity contribution in [3.05, 3.63) is 64.7 Å². The lowest BCUT2D eigenvalue weighted by Gasteiger charge is -2.10. The predicted molar refractivity (Wildman–Crippen MR) is 85.7 cm³/mol. The maximum atomic E-state index is 5.83. The summed E-state index contributed by atoms with van der Waals surface area (Å²) in [5.74, 6) is 0. The van der Waals surface area contributed by atoms with Gasteiger partial charge in [-0.05, 0) is 49.0 Å². The molecule has 0 spiro atoms. The van der Waals surface area contributed by atoms with Gasteiger partial charge in [-0.1, -0.05) is 41.4 Å². The van der Waals surface area contributed by atoms with Gasteiger partial charge < -0.3 is 10.6 Å². The van der Waals surface area contributed by atoms with E-state index in [1.165, 1.54) is 11.1 Å². The van der Waals surface area contributed by atoms with Gasteiger partial charge in [0, 0.05) is 17.3 Å². The second kappa shape index (κ2) is 6.55. The number of hydrogen-bond acceptors (Lipinski definition) is 1. The molecule has 0 bridgehead atoms. The minimum atomic E-state index is 0.600. The predicted octanol–water partition coefficient (Wildman–Crippen LogP) is 4.14. The number of anilines is 1. The van der Waals surface area contributed by atoms with E-state index in [9.17, 15) is 0 Å². The van der Waals surface area contributed by atoms with Crippen LogP contribution in [0, 0.1) is 6.92 Å². The maximum Gasteiger partial charge on any atom is 0.171 e. The van der Waals surface area contributed by atoms with Gasteiger partial charge in [0.25, 0.3) is 0 Å². The van der Waals surface area contributed by atoms with E-state index in [1.54, 1.807) is 0 Å². The standard InChI is InChI=1S/C15H15ClN2S/c1-11-2-4-12(5-3-11)10-17-15(19)18-14-8-6-13(16)7-9-14/h2-9H,10H2,1H3,(H2,17,18,19). The van der Waals surface area contributed by atoms with Crippen LogP contribution in [0.1, 0.15) is 11.1 Å². The zero-order chi connectivity index (χ0) is 13.7. The van der Waals surface area contributed by atoms with Gasteiger partial charge in [0.05, 0.1) is 0 Å². The van der Waals surface area contributed by atoms with E-state index < -0.39 is 0 Å². The Bertz CT molecular complexity index is 549. The highest BCUT2D eigenvalue weighted by atomic mass is 35.5. The molecule has 2 rings (SSSR count). The molecule has 0 saturated heterocycles. The molecular weight excluding hydrogens is 276 g/mol. The van der Waals surface area contributed by atoms with Crippen LogP contribution < -0.4 is 10.6 Å². The molecule has 2 aromatic rings. The average molecular weight is 291 g/mol. The first-order valence-electron chi connectivity index (χ1n) is 5.99. The van der Waals surface area contributed by atoms with E-state index in [1.807, 2.05) is 24.3 Å². The zero-order valence-electron chi connectivity index (χ0n) is 10.6. The normalized spacial score (nSPS) is 10.0. The summed E-state index contributed by atoms with van der Waals surface area (Å²) in [5, 5.41) is 7.59. The number of halogens is 1. The Balaban J connectivity index is 1.84. The lowest BCUT2D eigenvalue weighted by Crippen LogP contribution is -2.27. The molecule has 2 N–H and O–H groups in total. The van der Waals surface area contributed by atoms with E-state index in [-0.39, 0.29) is 0 Å². The molecule has 0 aliphatic rings. The maximum absolute atomic E-state index is 5.83. The number of aryl methyl sites for hydroxylation is 1. The summed E-state index contributed by atoms with van der Waals surface area (Å²) in [4.78, 5) is 0. The van der Waals surface area contributed by atoms with E-state index in [2.05, 4.69) is 41.8 Å². The summed E-state index contributed by atoms with van der Waals surface area (Å²) < 4.78 is 0. The van der Waals surface area contributed by atoms with Crippen molar-refractivity contribution in [2.45, 2.75) is 13.5 Å². The molecule has 0 radical (unpaired) electrons. The third-order valence-electron chi connectivity index (χ3n) is 2.68. The summed E-state index contributed by atoms with van der Waals surface area (Å²) in [5.41, 5.74) is 3.38. The van der Waals surface area contributed by atoms with Crippen LogP contribution in [0.5, 0.6) is 0 Å². The molecule has 0 saturated carbocycles. The second-order valence-corrected chi connectivity index (χ2v) is 5.14. The van der Waals surface area contributed by atoms with Gasteiger partial charge in [0.1, 0.15) is 0 Å². The van der Waals surface area contributed by atoms with Crippen molar-refractivity contribution in [3.63, 3.8) is 0 Å². The largest absolute Gasteiger partial charge is 0.358 e. The molecule has 19 heavy (non-hydrogen) atoms. The summed E-state index contributed by atoms with van der Waals surface area (Å²) in [6.45, 7) is 2.78. The van der Waals surface area contributed by atoms with Crippen LogP contribution in [0.3, 0.4) is 0 Å². The first kappa shape index (κ1) is 13.8. The van der Waals surface area contributed by atoms with Crippen LogP contribution in [0.4, 0.5) is 5.69 Å². The number of hydrogen-bond donors (Lipinski definition) is 2. The summed E-state index contributed by atoms with van der Waals surface area (Å²) in [6, 6.07) is 15.8. The third-order valence-corrected chi connectivity index (χ3v) is 3.17. The molecule has 4 heteroatoms. The highest BCUT2D eigenvalue weighted by Crippen LogP contribution is 2.13. The molecule has 0 aliphatic heterocycles. The molecule has 0 aliphatic carbocycles. The van der Waals surface area contributed by atoms with Crippen LogP contribution in [-0.4, -0.2) is 5.11 Å². The van der Waals surface area contributed by atoms with Crippen molar-refractivity contribution in [1.29, 1.82) is 0 Å². The smallest absolute Gasteiger partial charge is 0.171 e. The monoisotopic (exact) mass is 290 g/mol. The Kier molecular flexibility index (Phi) is 4.77. The number of benzene rings is 2. The van der Waals surface area contributed by atoms with Crippen LogP contribution in [0.2, 0.25) is 5.02 Å². The summed E-state index contributed by atoms with van der Waals surface area (Å²) in [6.07, 6.45) is 0. The lowest BCUT2D eigenvalue weighted by molar-refractivity contribution is 0.925. The second-order valence-electron chi connectivity index (χ2n) is 4.30. The van der Waals surface area contributed by atoms with Crippen LogP contribution in [0.15, 0.2) is 48.5 Å². The van der Waals surface area contributed by atoms with Crippen molar-refractivity contribution in [2.24, 2.45) is 0 Å². The van der Waals surface area contributed by atoms with Gasteiger partial charge in [-0.15, -0.1) is 0 Å². The molecule has 0 aromatic heterocycles. The summed E-state index contributed by atoms with van der Waals surface area (Å²) in [7, 11) is 0. The van der Waals surface area contributed by atoms with Gasteiger partial charge in [0.15, 0.2) is 5.11 Å². The van der Waals surface area contributed by atoms with Crippen molar-refractivity contribution in [1.82, 2.24) is 5.32 Å². The molecule has 0 heterocycles. The molecule has 0 amide bonds.